The fraction of sp³-hybridized carbons (Fsp3) is 0.810. The van der Waals surface area contributed by atoms with Crippen molar-refractivity contribution < 1.29 is 4.74 Å². The van der Waals surface area contributed by atoms with E-state index in [1.54, 1.807) is 0 Å². The van der Waals surface area contributed by atoms with Crippen molar-refractivity contribution in [1.29, 1.82) is 0 Å². The molecule has 2 rings (SSSR count). The van der Waals surface area contributed by atoms with Gasteiger partial charge in [0.1, 0.15) is 0 Å². The molecule has 1 heteroatoms. The van der Waals surface area contributed by atoms with Crippen LogP contribution in [0.15, 0.2) is 24.8 Å². The minimum absolute atomic E-state index is 0.718. The van der Waals surface area contributed by atoms with Crippen molar-refractivity contribution in [2.45, 2.75) is 71.1 Å². The van der Waals surface area contributed by atoms with Gasteiger partial charge in [-0.3, -0.25) is 0 Å². The Balaban J connectivity index is 1.63. The Kier molecular flexibility index (Phi) is 8.30. The van der Waals surface area contributed by atoms with Gasteiger partial charge in [-0.1, -0.05) is 31.6 Å². The smallest absolute Gasteiger partial charge is 0.0644 e. The summed E-state index contributed by atoms with van der Waals surface area (Å²) >= 11 is 0. The molecule has 0 aliphatic heterocycles. The zero-order valence-electron chi connectivity index (χ0n) is 14.6. The summed E-state index contributed by atoms with van der Waals surface area (Å²) in [7, 11) is 0. The second-order valence-corrected chi connectivity index (χ2v) is 7.50. The highest BCUT2D eigenvalue weighted by Gasteiger charge is 2.30. The third kappa shape index (κ3) is 5.91. The Labute approximate surface area is 138 Å². The largest absolute Gasteiger partial charge is 0.377 e. The molecule has 2 saturated carbocycles. The minimum Gasteiger partial charge on any atom is -0.377 e. The first kappa shape index (κ1) is 17.8. The molecule has 0 heterocycles. The minimum atomic E-state index is 0.718. The SMILES string of the molecule is C=CCOCC1CCC(C2CCC(C=CCCC)CC2)CC1. The summed E-state index contributed by atoms with van der Waals surface area (Å²) in [6.45, 7) is 7.65. The van der Waals surface area contributed by atoms with Crippen LogP contribution in [0.1, 0.15) is 71.1 Å². The molecule has 2 fully saturated rings. The first-order valence-corrected chi connectivity index (χ1v) is 9.68. The second kappa shape index (κ2) is 10.3. The van der Waals surface area contributed by atoms with Crippen LogP contribution in [0, 0.1) is 23.7 Å². The van der Waals surface area contributed by atoms with Crippen LogP contribution in [0.3, 0.4) is 0 Å². The molecule has 0 spiro atoms. The maximum atomic E-state index is 5.64. The molecular weight excluding hydrogens is 268 g/mol. The Bertz CT molecular complexity index is 317. The van der Waals surface area contributed by atoms with Crippen molar-refractivity contribution in [2.24, 2.45) is 23.7 Å². The summed E-state index contributed by atoms with van der Waals surface area (Å²) in [5, 5.41) is 0. The van der Waals surface area contributed by atoms with Crippen molar-refractivity contribution in [2.75, 3.05) is 13.2 Å². The molecule has 0 aromatic heterocycles. The highest BCUT2D eigenvalue weighted by Crippen LogP contribution is 2.41. The molecule has 0 bridgehead atoms. The van der Waals surface area contributed by atoms with Crippen LogP contribution < -0.4 is 0 Å². The van der Waals surface area contributed by atoms with Crippen molar-refractivity contribution in [3.8, 4) is 0 Å². The van der Waals surface area contributed by atoms with Gasteiger partial charge in [-0.25, -0.2) is 0 Å². The van der Waals surface area contributed by atoms with Gasteiger partial charge in [0.05, 0.1) is 6.61 Å². The first-order chi connectivity index (χ1) is 10.8. The lowest BCUT2D eigenvalue weighted by atomic mass is 9.69. The van der Waals surface area contributed by atoms with Gasteiger partial charge in [0.25, 0.3) is 0 Å². The van der Waals surface area contributed by atoms with Gasteiger partial charge in [-0.15, -0.1) is 6.58 Å². The van der Waals surface area contributed by atoms with E-state index in [1.165, 1.54) is 64.2 Å². The fourth-order valence-electron chi connectivity index (χ4n) is 4.41. The molecule has 0 radical (unpaired) electrons. The first-order valence-electron chi connectivity index (χ1n) is 9.68. The van der Waals surface area contributed by atoms with Gasteiger partial charge in [0.2, 0.25) is 0 Å². The molecule has 0 atom stereocenters. The van der Waals surface area contributed by atoms with Crippen LogP contribution in [-0.2, 0) is 4.74 Å². The van der Waals surface area contributed by atoms with Crippen LogP contribution in [0.2, 0.25) is 0 Å². The van der Waals surface area contributed by atoms with E-state index in [4.69, 9.17) is 4.74 Å². The average Bonchev–Trinajstić information content (AvgIpc) is 2.57. The van der Waals surface area contributed by atoms with E-state index >= 15 is 0 Å². The molecule has 22 heavy (non-hydrogen) atoms. The molecule has 0 unspecified atom stereocenters. The summed E-state index contributed by atoms with van der Waals surface area (Å²) in [4.78, 5) is 0. The summed E-state index contributed by atoms with van der Waals surface area (Å²) in [6.07, 6.45) is 20.8. The highest BCUT2D eigenvalue weighted by molar-refractivity contribution is 4.92. The lowest BCUT2D eigenvalue weighted by Crippen LogP contribution is -2.26. The maximum absolute atomic E-state index is 5.64. The predicted octanol–water partition coefficient (Wildman–Crippen LogP) is 6.16. The summed E-state index contributed by atoms with van der Waals surface area (Å²) < 4.78 is 5.64. The molecule has 0 aromatic carbocycles. The van der Waals surface area contributed by atoms with E-state index < -0.39 is 0 Å². The van der Waals surface area contributed by atoms with Crippen LogP contribution in [0.5, 0.6) is 0 Å². The van der Waals surface area contributed by atoms with Gasteiger partial charge in [0.15, 0.2) is 0 Å². The quantitative estimate of drug-likeness (QED) is 0.385. The standard InChI is InChI=1S/C21H36O/c1-3-5-6-7-18-8-12-20(13-9-18)21-14-10-19(11-15-21)17-22-16-4-2/h4,6-7,18-21H,2-3,5,8-17H2,1H3. The molecule has 2 aliphatic rings. The van der Waals surface area contributed by atoms with E-state index in [0.717, 1.165) is 36.9 Å². The van der Waals surface area contributed by atoms with Crippen molar-refractivity contribution in [3.63, 3.8) is 0 Å². The number of hydrogen-bond acceptors (Lipinski definition) is 1. The molecule has 2 aliphatic carbocycles. The lowest BCUT2D eigenvalue weighted by molar-refractivity contribution is 0.0800. The Morgan fingerprint density at radius 3 is 2.18 bits per heavy atom. The molecule has 126 valence electrons. The van der Waals surface area contributed by atoms with Crippen LogP contribution in [0.25, 0.3) is 0 Å². The van der Waals surface area contributed by atoms with Crippen molar-refractivity contribution >= 4 is 0 Å². The van der Waals surface area contributed by atoms with Gasteiger partial charge < -0.3 is 4.74 Å². The number of rotatable bonds is 8. The van der Waals surface area contributed by atoms with E-state index in [0.29, 0.717) is 0 Å². The molecule has 0 aromatic rings. The summed E-state index contributed by atoms with van der Waals surface area (Å²) in [5.74, 6) is 3.72. The van der Waals surface area contributed by atoms with Gasteiger partial charge in [0, 0.05) is 6.61 Å². The monoisotopic (exact) mass is 304 g/mol. The topological polar surface area (TPSA) is 9.23 Å². The van der Waals surface area contributed by atoms with Crippen molar-refractivity contribution in [1.82, 2.24) is 0 Å². The Morgan fingerprint density at radius 1 is 0.955 bits per heavy atom. The van der Waals surface area contributed by atoms with Crippen LogP contribution >= 0.6 is 0 Å². The normalized spacial score (nSPS) is 33.1. The molecule has 0 N–H and O–H groups in total. The van der Waals surface area contributed by atoms with Gasteiger partial charge >= 0.3 is 0 Å². The van der Waals surface area contributed by atoms with Crippen LogP contribution in [0.4, 0.5) is 0 Å². The van der Waals surface area contributed by atoms with Gasteiger partial charge in [-0.05, 0) is 81.5 Å². The zero-order valence-corrected chi connectivity index (χ0v) is 14.6. The Hall–Kier alpha value is -0.560. The fourth-order valence-corrected chi connectivity index (χ4v) is 4.41. The van der Waals surface area contributed by atoms with E-state index in [1.807, 2.05) is 6.08 Å². The lowest BCUT2D eigenvalue weighted by Gasteiger charge is -2.37. The second-order valence-electron chi connectivity index (χ2n) is 7.50. The zero-order chi connectivity index (χ0) is 15.6. The van der Waals surface area contributed by atoms with E-state index in [9.17, 15) is 0 Å². The maximum Gasteiger partial charge on any atom is 0.0644 e. The third-order valence-corrected chi connectivity index (χ3v) is 5.83. The average molecular weight is 305 g/mol. The number of unbranched alkanes of at least 4 members (excludes halogenated alkanes) is 1. The van der Waals surface area contributed by atoms with Gasteiger partial charge in [-0.2, -0.15) is 0 Å². The number of allylic oxidation sites excluding steroid dienone is 2. The predicted molar refractivity (Wildman–Crippen MR) is 96.0 cm³/mol. The number of hydrogen-bond donors (Lipinski definition) is 0. The van der Waals surface area contributed by atoms with E-state index in [-0.39, 0.29) is 0 Å². The third-order valence-electron chi connectivity index (χ3n) is 5.83. The Morgan fingerprint density at radius 2 is 1.59 bits per heavy atom. The summed E-state index contributed by atoms with van der Waals surface area (Å²) in [6, 6.07) is 0. The van der Waals surface area contributed by atoms with E-state index in [2.05, 4.69) is 25.7 Å². The number of ether oxygens (including phenoxy) is 1. The molecule has 0 saturated heterocycles. The summed E-state index contributed by atoms with van der Waals surface area (Å²) in [5.41, 5.74) is 0. The van der Waals surface area contributed by atoms with Crippen molar-refractivity contribution in [3.05, 3.63) is 24.8 Å². The molecule has 1 nitrogen and oxygen atoms in total. The highest BCUT2D eigenvalue weighted by atomic mass is 16.5. The molecule has 0 amide bonds. The van der Waals surface area contributed by atoms with Crippen LogP contribution in [-0.4, -0.2) is 13.2 Å². The molecular formula is C21H36O.